The van der Waals surface area contributed by atoms with Crippen LogP contribution in [-0.2, 0) is 10.3 Å². The molecule has 1 N–H and O–H groups in total. The lowest BCUT2D eigenvalue weighted by atomic mass is 9.94. The third-order valence-corrected chi connectivity index (χ3v) is 3.85. The third kappa shape index (κ3) is 5.22. The summed E-state index contributed by atoms with van der Waals surface area (Å²) < 4.78 is 36.2. The van der Waals surface area contributed by atoms with Gasteiger partial charge in [-0.1, -0.05) is 46.3 Å². The van der Waals surface area contributed by atoms with E-state index in [1.165, 1.54) is 0 Å². The van der Waals surface area contributed by atoms with Crippen molar-refractivity contribution in [2.75, 3.05) is 5.33 Å². The molecular weight excluding hydrogens is 323 g/mol. The molecule has 2 nitrogen and oxygen atoms in total. The summed E-state index contributed by atoms with van der Waals surface area (Å²) in [5.41, 5.74) is 0.122. The first kappa shape index (κ1) is 16.0. The van der Waals surface area contributed by atoms with E-state index in [-0.39, 0.29) is 0 Å². The van der Waals surface area contributed by atoms with E-state index in [1.807, 2.05) is 30.3 Å². The predicted molar refractivity (Wildman–Crippen MR) is 71.0 cm³/mol. The third-order valence-electron chi connectivity index (χ3n) is 2.73. The minimum Gasteiger partial charge on any atom is -0.346 e. The van der Waals surface area contributed by atoms with Gasteiger partial charge in [0.15, 0.2) is 0 Å². The highest BCUT2D eigenvalue weighted by Gasteiger charge is 2.31. The van der Waals surface area contributed by atoms with Crippen molar-refractivity contribution in [2.24, 2.45) is 0 Å². The van der Waals surface area contributed by atoms with E-state index in [4.69, 9.17) is 0 Å². The SMILES string of the molecule is CC(CBr)(NC(=O)CCC(F)(F)F)c1ccccc1. The van der Waals surface area contributed by atoms with Crippen LogP contribution in [0.2, 0.25) is 0 Å². The van der Waals surface area contributed by atoms with Gasteiger partial charge in [-0.3, -0.25) is 4.79 Å². The van der Waals surface area contributed by atoms with Crippen molar-refractivity contribution in [3.8, 4) is 0 Å². The van der Waals surface area contributed by atoms with Gasteiger partial charge in [0.25, 0.3) is 0 Å². The lowest BCUT2D eigenvalue weighted by Gasteiger charge is -2.29. The lowest BCUT2D eigenvalue weighted by molar-refractivity contribution is -0.144. The summed E-state index contributed by atoms with van der Waals surface area (Å²) in [4.78, 5) is 11.6. The van der Waals surface area contributed by atoms with Crippen LogP contribution in [0, 0.1) is 0 Å². The summed E-state index contributed by atoms with van der Waals surface area (Å²) in [6.45, 7) is 1.77. The Labute approximate surface area is 118 Å². The number of hydrogen-bond donors (Lipinski definition) is 1. The van der Waals surface area contributed by atoms with E-state index in [9.17, 15) is 18.0 Å². The normalized spacial score (nSPS) is 14.8. The van der Waals surface area contributed by atoms with Gasteiger partial charge in [0.2, 0.25) is 5.91 Å². The van der Waals surface area contributed by atoms with Crippen LogP contribution in [0.3, 0.4) is 0 Å². The second-order valence-electron chi connectivity index (χ2n) is 4.50. The molecule has 0 aromatic heterocycles. The van der Waals surface area contributed by atoms with Crippen molar-refractivity contribution >= 4 is 21.8 Å². The number of alkyl halides is 4. The van der Waals surface area contributed by atoms with Crippen LogP contribution >= 0.6 is 15.9 Å². The molecule has 1 unspecified atom stereocenters. The van der Waals surface area contributed by atoms with E-state index in [2.05, 4.69) is 21.2 Å². The topological polar surface area (TPSA) is 29.1 Å². The average molecular weight is 338 g/mol. The Balaban J connectivity index is 2.69. The van der Waals surface area contributed by atoms with Crippen LogP contribution in [0.4, 0.5) is 13.2 Å². The van der Waals surface area contributed by atoms with Gasteiger partial charge in [-0.25, -0.2) is 0 Å². The van der Waals surface area contributed by atoms with Crippen molar-refractivity contribution in [3.63, 3.8) is 0 Å². The molecular formula is C13H15BrF3NO. The molecule has 0 heterocycles. The molecule has 0 aliphatic rings. The molecule has 0 saturated heterocycles. The zero-order valence-electron chi connectivity index (χ0n) is 10.4. The summed E-state index contributed by atoms with van der Waals surface area (Å²) in [5.74, 6) is -0.608. The number of benzene rings is 1. The van der Waals surface area contributed by atoms with Crippen LogP contribution in [-0.4, -0.2) is 17.4 Å². The monoisotopic (exact) mass is 337 g/mol. The molecule has 19 heavy (non-hydrogen) atoms. The van der Waals surface area contributed by atoms with E-state index in [1.54, 1.807) is 6.92 Å². The molecule has 106 valence electrons. The highest BCUT2D eigenvalue weighted by Crippen LogP contribution is 2.25. The first-order valence-electron chi connectivity index (χ1n) is 5.76. The highest BCUT2D eigenvalue weighted by atomic mass is 79.9. The molecule has 0 aliphatic heterocycles. The van der Waals surface area contributed by atoms with Crippen LogP contribution in [0.25, 0.3) is 0 Å². The lowest BCUT2D eigenvalue weighted by Crippen LogP contribution is -2.45. The number of halogens is 4. The maximum absolute atomic E-state index is 12.1. The summed E-state index contributed by atoms with van der Waals surface area (Å²) in [6, 6.07) is 9.12. The molecule has 0 saturated carbocycles. The molecule has 0 bridgehead atoms. The fourth-order valence-electron chi connectivity index (χ4n) is 1.61. The van der Waals surface area contributed by atoms with Crippen LogP contribution in [0.1, 0.15) is 25.3 Å². The van der Waals surface area contributed by atoms with Gasteiger partial charge in [0, 0.05) is 11.8 Å². The second-order valence-corrected chi connectivity index (χ2v) is 5.06. The summed E-state index contributed by atoms with van der Waals surface area (Å²) in [6.07, 6.45) is -5.97. The van der Waals surface area contributed by atoms with Gasteiger partial charge in [0.05, 0.1) is 12.0 Å². The fourth-order valence-corrected chi connectivity index (χ4v) is 2.08. The highest BCUT2D eigenvalue weighted by molar-refractivity contribution is 9.09. The van der Waals surface area contributed by atoms with Crippen LogP contribution < -0.4 is 5.32 Å². The average Bonchev–Trinajstić information content (AvgIpc) is 2.36. The molecule has 6 heteroatoms. The van der Waals surface area contributed by atoms with Crippen molar-refractivity contribution < 1.29 is 18.0 Å². The predicted octanol–water partition coefficient (Wildman–Crippen LogP) is 3.76. The number of nitrogens with one attached hydrogen (secondary N) is 1. The Bertz CT molecular complexity index is 422. The van der Waals surface area contributed by atoms with Crippen molar-refractivity contribution in [2.45, 2.75) is 31.5 Å². The summed E-state index contributed by atoms with van der Waals surface area (Å²) >= 11 is 3.29. The maximum atomic E-state index is 12.1. The minimum atomic E-state index is -4.31. The Morgan fingerprint density at radius 3 is 2.32 bits per heavy atom. The van der Waals surface area contributed by atoms with Crippen LogP contribution in [0.15, 0.2) is 30.3 Å². The zero-order chi connectivity index (χ0) is 14.5. The number of rotatable bonds is 5. The van der Waals surface area contributed by atoms with Gasteiger partial charge >= 0.3 is 6.18 Å². The Morgan fingerprint density at radius 1 is 1.26 bits per heavy atom. The van der Waals surface area contributed by atoms with Gasteiger partial charge < -0.3 is 5.32 Å². The van der Waals surface area contributed by atoms with Gasteiger partial charge in [-0.05, 0) is 12.5 Å². The number of hydrogen-bond acceptors (Lipinski definition) is 1. The van der Waals surface area contributed by atoms with E-state index < -0.39 is 30.5 Å². The Hall–Kier alpha value is -1.04. The maximum Gasteiger partial charge on any atom is 0.389 e. The minimum absolute atomic E-state index is 0.418. The van der Waals surface area contributed by atoms with Crippen molar-refractivity contribution in [1.29, 1.82) is 0 Å². The van der Waals surface area contributed by atoms with Gasteiger partial charge in [-0.2, -0.15) is 13.2 Å². The molecule has 1 amide bonds. The quantitative estimate of drug-likeness (QED) is 0.814. The molecule has 0 radical (unpaired) electrons. The molecule has 0 spiro atoms. The first-order valence-corrected chi connectivity index (χ1v) is 6.88. The molecule has 0 fully saturated rings. The molecule has 0 aliphatic carbocycles. The number of carbonyl (C=O) groups excluding carboxylic acids is 1. The molecule has 1 aromatic rings. The van der Waals surface area contributed by atoms with Gasteiger partial charge in [-0.15, -0.1) is 0 Å². The van der Waals surface area contributed by atoms with Gasteiger partial charge in [0.1, 0.15) is 0 Å². The van der Waals surface area contributed by atoms with E-state index in [0.717, 1.165) is 5.56 Å². The fraction of sp³-hybridized carbons (Fsp3) is 0.462. The number of amides is 1. The van der Waals surface area contributed by atoms with Crippen LogP contribution in [0.5, 0.6) is 0 Å². The second kappa shape index (κ2) is 6.41. The Kier molecular flexibility index (Phi) is 5.40. The van der Waals surface area contributed by atoms with Crippen molar-refractivity contribution in [3.05, 3.63) is 35.9 Å². The number of carbonyl (C=O) groups is 1. The van der Waals surface area contributed by atoms with E-state index in [0.29, 0.717) is 5.33 Å². The molecule has 1 atom stereocenters. The first-order chi connectivity index (χ1) is 8.77. The molecule has 1 rings (SSSR count). The largest absolute Gasteiger partial charge is 0.389 e. The zero-order valence-corrected chi connectivity index (χ0v) is 12.0. The van der Waals surface area contributed by atoms with E-state index >= 15 is 0 Å². The Morgan fingerprint density at radius 2 is 1.84 bits per heavy atom. The van der Waals surface area contributed by atoms with Crippen molar-refractivity contribution in [1.82, 2.24) is 5.32 Å². The summed E-state index contributed by atoms with van der Waals surface area (Å²) in [5, 5.41) is 3.06. The summed E-state index contributed by atoms with van der Waals surface area (Å²) in [7, 11) is 0. The molecule has 1 aromatic carbocycles. The smallest absolute Gasteiger partial charge is 0.346 e. The standard InChI is InChI=1S/C13H15BrF3NO/c1-12(9-14,10-5-3-2-4-6-10)18-11(19)7-8-13(15,16)17/h2-6H,7-9H2,1H3,(H,18,19).